The molecule has 1 aromatic carbocycles. The molecule has 4 N–H and O–H groups in total. The van der Waals surface area contributed by atoms with Crippen molar-refractivity contribution in [1.82, 2.24) is 0 Å². The summed E-state index contributed by atoms with van der Waals surface area (Å²) in [6.45, 7) is 0. The molecule has 0 unspecified atom stereocenters. The van der Waals surface area contributed by atoms with Gasteiger partial charge >= 0.3 is 23.9 Å². The molecule has 1 rings (SSSR count). The van der Waals surface area contributed by atoms with Gasteiger partial charge in [0.2, 0.25) is 0 Å². The van der Waals surface area contributed by atoms with Crippen molar-refractivity contribution in [2.24, 2.45) is 0 Å². The molecule has 0 spiro atoms. The minimum atomic E-state index is -1.80. The van der Waals surface area contributed by atoms with E-state index in [1.54, 1.807) is 0 Å². The maximum Gasteiger partial charge on any atom is 0.373 e. The van der Waals surface area contributed by atoms with Crippen molar-refractivity contribution in [2.75, 3.05) is 0 Å². The summed E-state index contributed by atoms with van der Waals surface area (Å²) in [6, 6.07) is 1.17. The van der Waals surface area contributed by atoms with Crippen LogP contribution in [0.3, 0.4) is 0 Å². The summed E-state index contributed by atoms with van der Waals surface area (Å²) in [4.78, 5) is 51.0. The normalized spacial score (nSPS) is 9.70. The van der Waals surface area contributed by atoms with Crippen molar-refractivity contribution in [3.8, 4) is 0 Å². The molecule has 106 valence electrons. The molecule has 0 atom stereocenters. The minimum Gasteiger partial charge on any atom is -0.478 e. The van der Waals surface area contributed by atoms with Crippen LogP contribution in [0.2, 0.25) is 0 Å². The summed E-state index contributed by atoms with van der Waals surface area (Å²) in [7, 11) is 0. The second-order valence-electron chi connectivity index (χ2n) is 3.31. The number of carbonyl (C=O) groups is 4. The fourth-order valence-electron chi connectivity index (χ4n) is 1.42. The number of rotatable bonds is 4. The van der Waals surface area contributed by atoms with Crippen LogP contribution in [-0.4, -0.2) is 44.6 Å². The molecule has 0 aromatic heterocycles. The van der Waals surface area contributed by atoms with Gasteiger partial charge in [0.05, 0.1) is 22.3 Å². The summed E-state index contributed by atoms with van der Waals surface area (Å²) in [6.07, 6.45) is 0. The first-order valence-corrected chi connectivity index (χ1v) is 4.69. The highest BCUT2D eigenvalue weighted by Crippen LogP contribution is 2.20. The lowest BCUT2D eigenvalue weighted by molar-refractivity contribution is -0.183. The Hall–Kier alpha value is -2.98. The second kappa shape index (κ2) is 5.77. The van der Waals surface area contributed by atoms with Gasteiger partial charge in [-0.3, -0.25) is 9.78 Å². The lowest BCUT2D eigenvalue weighted by Crippen LogP contribution is -2.18. The van der Waals surface area contributed by atoms with Gasteiger partial charge in [0.25, 0.3) is 0 Å². The molecule has 20 heavy (non-hydrogen) atoms. The Morgan fingerprint density at radius 3 is 1.70 bits per heavy atom. The van der Waals surface area contributed by atoms with E-state index in [1.165, 1.54) is 0 Å². The number of carboxylic acid groups (broad SMARTS) is 2. The first-order chi connectivity index (χ1) is 9.33. The SMILES string of the molecule is O=C(OO)c1cc(C(=O)O)c(C(=O)O)c(C(=O)OO)c1. The fourth-order valence-corrected chi connectivity index (χ4v) is 1.42. The largest absolute Gasteiger partial charge is 0.478 e. The molecule has 0 amide bonds. The highest BCUT2D eigenvalue weighted by atomic mass is 17.1. The Kier molecular flexibility index (Phi) is 4.35. The van der Waals surface area contributed by atoms with E-state index >= 15 is 0 Å². The van der Waals surface area contributed by atoms with Crippen LogP contribution in [0.4, 0.5) is 0 Å². The Morgan fingerprint density at radius 2 is 1.30 bits per heavy atom. The highest BCUT2D eigenvalue weighted by molar-refractivity contribution is 6.11. The van der Waals surface area contributed by atoms with E-state index in [0.29, 0.717) is 12.1 Å². The van der Waals surface area contributed by atoms with E-state index in [9.17, 15) is 19.2 Å². The summed E-state index contributed by atoms with van der Waals surface area (Å²) < 4.78 is 0. The molecule has 0 radical (unpaired) electrons. The number of benzene rings is 1. The van der Waals surface area contributed by atoms with Gasteiger partial charge in [0.1, 0.15) is 0 Å². The van der Waals surface area contributed by atoms with Crippen LogP contribution in [0.5, 0.6) is 0 Å². The Labute approximate surface area is 109 Å². The van der Waals surface area contributed by atoms with Crippen molar-refractivity contribution < 1.29 is 49.7 Å². The van der Waals surface area contributed by atoms with E-state index < -0.39 is 46.1 Å². The van der Waals surface area contributed by atoms with Crippen LogP contribution in [0, 0.1) is 0 Å². The molecule has 0 aliphatic carbocycles. The molecule has 0 heterocycles. The maximum absolute atomic E-state index is 11.2. The molecule has 10 heteroatoms. The first-order valence-electron chi connectivity index (χ1n) is 4.69. The average Bonchev–Trinajstić information content (AvgIpc) is 2.43. The smallest absolute Gasteiger partial charge is 0.373 e. The summed E-state index contributed by atoms with van der Waals surface area (Å²) in [5.74, 6) is -6.59. The number of carboxylic acids is 2. The summed E-state index contributed by atoms with van der Waals surface area (Å²) in [5, 5.41) is 34.2. The van der Waals surface area contributed by atoms with Crippen LogP contribution in [0.15, 0.2) is 12.1 Å². The Morgan fingerprint density at radius 1 is 0.800 bits per heavy atom. The van der Waals surface area contributed by atoms with Crippen molar-refractivity contribution in [3.05, 3.63) is 34.4 Å². The minimum absolute atomic E-state index is 0.582. The molecule has 0 bridgehead atoms. The number of aromatic carboxylic acids is 2. The molecule has 0 aliphatic rings. The Balaban J connectivity index is 3.72. The third-order valence-electron chi connectivity index (χ3n) is 2.20. The second-order valence-corrected chi connectivity index (χ2v) is 3.31. The van der Waals surface area contributed by atoms with Crippen LogP contribution < -0.4 is 0 Å². The lowest BCUT2D eigenvalue weighted by Gasteiger charge is -2.08. The van der Waals surface area contributed by atoms with Crippen LogP contribution >= 0.6 is 0 Å². The quantitative estimate of drug-likeness (QED) is 0.447. The zero-order valence-corrected chi connectivity index (χ0v) is 9.39. The topological polar surface area (TPSA) is 168 Å². The third kappa shape index (κ3) is 2.71. The van der Waals surface area contributed by atoms with Gasteiger partial charge in [-0.05, 0) is 12.1 Å². The summed E-state index contributed by atoms with van der Waals surface area (Å²) in [5.41, 5.74) is -3.46. The number of carbonyl (C=O) groups excluding carboxylic acids is 2. The van der Waals surface area contributed by atoms with Gasteiger partial charge in [-0.15, -0.1) is 0 Å². The molecular formula is C10H6O10. The van der Waals surface area contributed by atoms with Gasteiger partial charge in [-0.25, -0.2) is 19.2 Å². The summed E-state index contributed by atoms with van der Waals surface area (Å²) >= 11 is 0. The van der Waals surface area contributed by atoms with Crippen LogP contribution in [0.1, 0.15) is 41.4 Å². The fraction of sp³-hybridized carbons (Fsp3) is 0. The van der Waals surface area contributed by atoms with Gasteiger partial charge in [0.15, 0.2) is 0 Å². The highest BCUT2D eigenvalue weighted by Gasteiger charge is 2.28. The number of hydrogen-bond acceptors (Lipinski definition) is 8. The number of hydrogen-bond donors (Lipinski definition) is 4. The third-order valence-corrected chi connectivity index (χ3v) is 2.20. The molecular weight excluding hydrogens is 280 g/mol. The zero-order valence-electron chi connectivity index (χ0n) is 9.39. The van der Waals surface area contributed by atoms with E-state index in [2.05, 4.69) is 9.78 Å². The standard InChI is InChI=1S/C10H6O10/c11-7(12)4-1-3(9(15)19-17)2-5(10(16)20-18)6(4)8(13)14/h1-2,17-18H,(H,11,12)(H,13,14). The maximum atomic E-state index is 11.2. The van der Waals surface area contributed by atoms with Crippen molar-refractivity contribution in [2.45, 2.75) is 0 Å². The first kappa shape index (κ1) is 15.1. The van der Waals surface area contributed by atoms with Gasteiger partial charge in [-0.1, -0.05) is 0 Å². The van der Waals surface area contributed by atoms with Gasteiger partial charge in [0, 0.05) is 0 Å². The van der Waals surface area contributed by atoms with Crippen molar-refractivity contribution in [3.63, 3.8) is 0 Å². The predicted octanol–water partition coefficient (Wildman–Crippen LogP) is 0.343. The van der Waals surface area contributed by atoms with Crippen molar-refractivity contribution in [1.29, 1.82) is 0 Å². The van der Waals surface area contributed by atoms with Crippen LogP contribution in [-0.2, 0) is 9.78 Å². The molecule has 10 nitrogen and oxygen atoms in total. The van der Waals surface area contributed by atoms with Gasteiger partial charge in [-0.2, -0.15) is 10.5 Å². The average molecular weight is 286 g/mol. The molecule has 0 saturated heterocycles. The molecule has 0 aliphatic heterocycles. The lowest BCUT2D eigenvalue weighted by atomic mass is 9.97. The molecule has 1 aromatic rings. The molecule has 0 saturated carbocycles. The zero-order chi connectivity index (χ0) is 15.4. The van der Waals surface area contributed by atoms with Crippen LogP contribution in [0.25, 0.3) is 0 Å². The monoisotopic (exact) mass is 286 g/mol. The Bertz CT molecular complexity index is 602. The predicted molar refractivity (Wildman–Crippen MR) is 56.4 cm³/mol. The van der Waals surface area contributed by atoms with E-state index in [-0.39, 0.29) is 0 Å². The molecule has 0 fully saturated rings. The van der Waals surface area contributed by atoms with E-state index in [4.69, 9.17) is 20.7 Å². The van der Waals surface area contributed by atoms with E-state index in [0.717, 1.165) is 0 Å². The van der Waals surface area contributed by atoms with E-state index in [1.807, 2.05) is 0 Å². The van der Waals surface area contributed by atoms with Gasteiger partial charge < -0.3 is 10.2 Å². The van der Waals surface area contributed by atoms with Crippen molar-refractivity contribution >= 4 is 23.9 Å².